The maximum absolute atomic E-state index is 12.7. The van der Waals surface area contributed by atoms with E-state index in [1.807, 2.05) is 54.6 Å². The van der Waals surface area contributed by atoms with Crippen LogP contribution in [0.4, 0.5) is 5.69 Å². The summed E-state index contributed by atoms with van der Waals surface area (Å²) in [5.41, 5.74) is 3.26. The molecule has 0 aliphatic rings. The van der Waals surface area contributed by atoms with Crippen molar-refractivity contribution in [3.63, 3.8) is 0 Å². The van der Waals surface area contributed by atoms with Crippen LogP contribution in [0.3, 0.4) is 0 Å². The molecular formula is C26H18ClN3O3S2. The highest BCUT2D eigenvalue weighted by Gasteiger charge is 2.16. The molecule has 0 saturated carbocycles. The number of furan rings is 1. The van der Waals surface area contributed by atoms with E-state index >= 15 is 0 Å². The highest BCUT2D eigenvalue weighted by molar-refractivity contribution is 7.80. The van der Waals surface area contributed by atoms with E-state index in [0.29, 0.717) is 22.2 Å². The van der Waals surface area contributed by atoms with Crippen LogP contribution in [0.15, 0.2) is 83.3 Å². The van der Waals surface area contributed by atoms with E-state index in [2.05, 4.69) is 10.6 Å². The van der Waals surface area contributed by atoms with Crippen LogP contribution in [0.25, 0.3) is 32.1 Å². The first-order valence-electron chi connectivity index (χ1n) is 10.5. The number of carbonyl (C=O) groups is 1. The molecule has 0 saturated heterocycles. The number of hydrogen-bond donors (Lipinski definition) is 2. The van der Waals surface area contributed by atoms with Crippen LogP contribution in [0.1, 0.15) is 10.6 Å². The first-order chi connectivity index (χ1) is 17.0. The third kappa shape index (κ3) is 5.05. The van der Waals surface area contributed by atoms with Gasteiger partial charge in [0.1, 0.15) is 16.5 Å². The minimum absolute atomic E-state index is 0.110. The minimum atomic E-state index is -0.469. The van der Waals surface area contributed by atoms with Crippen molar-refractivity contribution in [1.29, 1.82) is 0 Å². The van der Waals surface area contributed by atoms with Crippen molar-refractivity contribution < 1.29 is 13.9 Å². The Balaban J connectivity index is 1.31. The monoisotopic (exact) mass is 519 g/mol. The Morgan fingerprint density at radius 3 is 2.57 bits per heavy atom. The average Bonchev–Trinajstić information content (AvgIpc) is 3.52. The van der Waals surface area contributed by atoms with Crippen molar-refractivity contribution in [2.24, 2.45) is 0 Å². The lowest BCUT2D eigenvalue weighted by Crippen LogP contribution is -2.34. The Hall–Kier alpha value is -3.72. The molecule has 5 rings (SSSR count). The number of anilines is 1. The first-order valence-corrected chi connectivity index (χ1v) is 12.1. The number of benzene rings is 3. The predicted octanol–water partition coefficient (Wildman–Crippen LogP) is 7.01. The smallest absolute Gasteiger partial charge is 0.293 e. The second kappa shape index (κ2) is 9.87. The van der Waals surface area contributed by atoms with Crippen molar-refractivity contribution >= 4 is 62.1 Å². The molecule has 2 aromatic heterocycles. The van der Waals surface area contributed by atoms with Gasteiger partial charge in [-0.3, -0.25) is 10.1 Å². The zero-order valence-electron chi connectivity index (χ0n) is 18.4. The van der Waals surface area contributed by atoms with Gasteiger partial charge in [0.15, 0.2) is 10.9 Å². The van der Waals surface area contributed by atoms with Gasteiger partial charge in [-0.15, -0.1) is 11.3 Å². The molecule has 0 fully saturated rings. The van der Waals surface area contributed by atoms with E-state index in [4.69, 9.17) is 38.0 Å². The molecule has 0 atom stereocenters. The molecule has 3 aromatic carbocycles. The standard InChI is InChI=1S/C26H18ClN3O3S2/c1-32-21-11-8-16(25-28-18-4-2-3-5-23(18)35-25)14-19(21)29-26(34)30-24(31)22-13-12-20(33-22)15-6-9-17(27)10-7-15/h2-14H,1H3,(H2,29,30,31,34). The largest absolute Gasteiger partial charge is 0.495 e. The lowest BCUT2D eigenvalue weighted by atomic mass is 10.2. The summed E-state index contributed by atoms with van der Waals surface area (Å²) in [5, 5.41) is 7.30. The predicted molar refractivity (Wildman–Crippen MR) is 144 cm³/mol. The molecule has 0 unspecified atom stereocenters. The third-order valence-electron chi connectivity index (χ3n) is 5.17. The fourth-order valence-corrected chi connectivity index (χ4v) is 4.77. The number of nitrogens with one attached hydrogen (secondary N) is 2. The number of ether oxygens (including phenoxy) is 1. The van der Waals surface area contributed by atoms with Gasteiger partial charge in [-0.05, 0) is 78.9 Å². The normalized spacial score (nSPS) is 10.8. The highest BCUT2D eigenvalue weighted by atomic mass is 35.5. The summed E-state index contributed by atoms with van der Waals surface area (Å²) in [7, 11) is 1.57. The SMILES string of the molecule is COc1ccc(-c2nc3ccccc3s2)cc1NC(=S)NC(=O)c1ccc(-c2ccc(Cl)cc2)o1. The molecule has 0 radical (unpaired) electrons. The number of methoxy groups -OCH3 is 1. The van der Waals surface area contributed by atoms with Crippen LogP contribution in [0, 0.1) is 0 Å². The maximum atomic E-state index is 12.7. The number of para-hydroxylation sites is 1. The van der Waals surface area contributed by atoms with Crippen LogP contribution < -0.4 is 15.4 Å². The number of thiazole rings is 1. The topological polar surface area (TPSA) is 76.4 Å². The lowest BCUT2D eigenvalue weighted by Gasteiger charge is -2.13. The van der Waals surface area contributed by atoms with E-state index in [1.165, 1.54) is 0 Å². The van der Waals surface area contributed by atoms with Crippen molar-refractivity contribution in [2.75, 3.05) is 12.4 Å². The number of halogens is 1. The number of thiocarbonyl (C=S) groups is 1. The fourth-order valence-electron chi connectivity index (χ4n) is 3.48. The second-order valence-corrected chi connectivity index (χ2v) is 9.36. The van der Waals surface area contributed by atoms with Gasteiger partial charge in [-0.25, -0.2) is 4.98 Å². The highest BCUT2D eigenvalue weighted by Crippen LogP contribution is 2.35. The van der Waals surface area contributed by atoms with Gasteiger partial charge < -0.3 is 14.5 Å². The molecule has 9 heteroatoms. The summed E-state index contributed by atoms with van der Waals surface area (Å²) in [4.78, 5) is 17.4. The van der Waals surface area contributed by atoms with Crippen LogP contribution >= 0.6 is 35.2 Å². The summed E-state index contributed by atoms with van der Waals surface area (Å²) in [6.07, 6.45) is 0. The third-order valence-corrected chi connectivity index (χ3v) is 6.72. The van der Waals surface area contributed by atoms with Crippen LogP contribution in [-0.2, 0) is 0 Å². The van der Waals surface area contributed by atoms with Gasteiger partial charge >= 0.3 is 0 Å². The first kappa shape index (κ1) is 23.0. The van der Waals surface area contributed by atoms with Gasteiger partial charge in [0.2, 0.25) is 0 Å². The Morgan fingerprint density at radius 1 is 1.03 bits per heavy atom. The van der Waals surface area contributed by atoms with Crippen molar-refractivity contribution in [3.05, 3.63) is 89.6 Å². The molecule has 2 heterocycles. The Kier molecular flexibility index (Phi) is 6.50. The van der Waals surface area contributed by atoms with Crippen LogP contribution in [0.5, 0.6) is 5.75 Å². The molecule has 0 aliphatic heterocycles. The van der Waals surface area contributed by atoms with Gasteiger partial charge in [-0.1, -0.05) is 23.7 Å². The van der Waals surface area contributed by atoms with E-state index in [-0.39, 0.29) is 10.9 Å². The molecule has 2 N–H and O–H groups in total. The van der Waals surface area contributed by atoms with E-state index in [0.717, 1.165) is 26.4 Å². The maximum Gasteiger partial charge on any atom is 0.293 e. The zero-order valence-corrected chi connectivity index (χ0v) is 20.8. The van der Waals surface area contributed by atoms with E-state index in [1.54, 1.807) is 42.7 Å². The number of amides is 1. The molecule has 1 amide bonds. The minimum Gasteiger partial charge on any atom is -0.495 e. The quantitative estimate of drug-likeness (QED) is 0.243. The average molecular weight is 520 g/mol. The molecule has 35 heavy (non-hydrogen) atoms. The fraction of sp³-hybridized carbons (Fsp3) is 0.0385. The second-order valence-electron chi connectivity index (χ2n) is 7.48. The molecule has 174 valence electrons. The molecular weight excluding hydrogens is 502 g/mol. The Bertz CT molecular complexity index is 1510. The molecule has 6 nitrogen and oxygen atoms in total. The molecule has 0 spiro atoms. The van der Waals surface area contributed by atoms with Crippen molar-refractivity contribution in [2.45, 2.75) is 0 Å². The number of carbonyl (C=O) groups excluding carboxylic acids is 1. The molecule has 0 bridgehead atoms. The number of fused-ring (bicyclic) bond motifs is 1. The Morgan fingerprint density at radius 2 is 1.80 bits per heavy atom. The number of aromatic nitrogens is 1. The number of rotatable bonds is 5. The Labute approximate surface area is 215 Å². The molecule has 0 aliphatic carbocycles. The number of hydrogen-bond acceptors (Lipinski definition) is 6. The number of nitrogens with zero attached hydrogens (tertiary/aromatic N) is 1. The summed E-state index contributed by atoms with van der Waals surface area (Å²) in [6.45, 7) is 0. The summed E-state index contributed by atoms with van der Waals surface area (Å²) >= 11 is 12.9. The van der Waals surface area contributed by atoms with Gasteiger partial charge in [0.25, 0.3) is 5.91 Å². The van der Waals surface area contributed by atoms with Gasteiger partial charge in [0.05, 0.1) is 23.0 Å². The van der Waals surface area contributed by atoms with E-state index < -0.39 is 5.91 Å². The van der Waals surface area contributed by atoms with Gasteiger partial charge in [0, 0.05) is 16.1 Å². The van der Waals surface area contributed by atoms with Gasteiger partial charge in [-0.2, -0.15) is 0 Å². The summed E-state index contributed by atoms with van der Waals surface area (Å²) in [5.74, 6) is 0.795. The summed E-state index contributed by atoms with van der Waals surface area (Å²) < 4.78 is 12.3. The van der Waals surface area contributed by atoms with Crippen LogP contribution in [-0.4, -0.2) is 23.1 Å². The van der Waals surface area contributed by atoms with E-state index in [9.17, 15) is 4.79 Å². The zero-order chi connectivity index (χ0) is 24.4. The lowest BCUT2D eigenvalue weighted by molar-refractivity contribution is 0.0951. The van der Waals surface area contributed by atoms with Crippen molar-refractivity contribution in [3.8, 4) is 27.6 Å². The van der Waals surface area contributed by atoms with Crippen molar-refractivity contribution in [1.82, 2.24) is 10.3 Å². The summed E-state index contributed by atoms with van der Waals surface area (Å²) in [6, 6.07) is 24.1. The molecule has 5 aromatic rings. The van der Waals surface area contributed by atoms with Crippen LogP contribution in [0.2, 0.25) is 5.02 Å².